The fourth-order valence-corrected chi connectivity index (χ4v) is 0. The van der Waals surface area contributed by atoms with Crippen LogP contribution < -0.4 is 5.11 Å². The van der Waals surface area contributed by atoms with Crippen LogP contribution in [0.1, 0.15) is 0 Å². The molecule has 0 saturated heterocycles. The maximum absolute atomic E-state index is 8.25. The summed E-state index contributed by atoms with van der Waals surface area (Å²) in [6.07, 6.45) is 0. The SMILES string of the molecule is O=C[O-].[Cu+2].[Cu+2].[OH-].[OH-].[OH-]. The third-order valence-corrected chi connectivity index (χ3v) is 0. The van der Waals surface area contributed by atoms with Crippen LogP contribution in [0.25, 0.3) is 0 Å². The van der Waals surface area contributed by atoms with Gasteiger partial charge in [0.2, 0.25) is 0 Å². The van der Waals surface area contributed by atoms with Crippen molar-refractivity contribution in [2.24, 2.45) is 0 Å². The molecule has 3 N–H and O–H groups in total. The molecular weight excluding hydrogens is 219 g/mol. The van der Waals surface area contributed by atoms with Crippen molar-refractivity contribution in [1.82, 2.24) is 0 Å². The minimum atomic E-state index is -0.500. The second kappa shape index (κ2) is 156. The predicted molar refractivity (Wildman–Crippen MR) is 11.9 cm³/mol. The Kier molecular flexibility index (Phi) is 1570. The molecule has 60 valence electrons. The molecule has 0 amide bonds. The van der Waals surface area contributed by atoms with Crippen LogP contribution in [-0.4, -0.2) is 22.9 Å². The van der Waals surface area contributed by atoms with Crippen LogP contribution in [0.2, 0.25) is 0 Å². The van der Waals surface area contributed by atoms with Gasteiger partial charge in [-0.1, -0.05) is 0 Å². The fraction of sp³-hybridized carbons (Fsp3) is 0. The first kappa shape index (κ1) is 80.3. The molecule has 2 radical (unpaired) electrons. The topological polar surface area (TPSA) is 130 Å². The molecule has 0 atom stereocenters. The number of hydrogen-bond acceptors (Lipinski definition) is 5. The molecule has 8 heavy (non-hydrogen) atoms. The molecular formula is CH4Cu2O5. The molecule has 0 aliphatic carbocycles. The summed E-state index contributed by atoms with van der Waals surface area (Å²) in [5.74, 6) is 0. The maximum Gasteiger partial charge on any atom is 2.00 e. The Morgan fingerprint density at radius 1 is 1.00 bits per heavy atom. The second-order valence-electron chi connectivity index (χ2n) is 0.0962. The number of rotatable bonds is 0. The summed E-state index contributed by atoms with van der Waals surface area (Å²) in [4.78, 5) is 8.25. The van der Waals surface area contributed by atoms with Gasteiger partial charge in [0.05, 0.1) is 0 Å². The molecule has 0 aromatic rings. The van der Waals surface area contributed by atoms with Crippen molar-refractivity contribution in [2.75, 3.05) is 0 Å². The first-order valence-electron chi connectivity index (χ1n) is 0.471. The Labute approximate surface area is 67.3 Å². The van der Waals surface area contributed by atoms with E-state index in [1.54, 1.807) is 0 Å². The van der Waals surface area contributed by atoms with Crippen molar-refractivity contribution in [3.8, 4) is 0 Å². The summed E-state index contributed by atoms with van der Waals surface area (Å²) in [7, 11) is 0. The van der Waals surface area contributed by atoms with Crippen LogP contribution in [0.15, 0.2) is 0 Å². The van der Waals surface area contributed by atoms with Gasteiger partial charge in [0.25, 0.3) is 0 Å². The van der Waals surface area contributed by atoms with Gasteiger partial charge in [-0.25, -0.2) is 0 Å². The molecule has 0 aliphatic rings. The average Bonchev–Trinajstić information content (AvgIpc) is 0.918. The van der Waals surface area contributed by atoms with Crippen molar-refractivity contribution >= 4 is 6.47 Å². The second-order valence-corrected chi connectivity index (χ2v) is 0.0962. The Bertz CT molecular complexity index is 17.9. The van der Waals surface area contributed by atoms with Crippen LogP contribution in [0.4, 0.5) is 0 Å². The van der Waals surface area contributed by atoms with E-state index in [4.69, 9.17) is 9.90 Å². The predicted octanol–water partition coefficient (Wildman–Crippen LogP) is -2.17. The third kappa shape index (κ3) is 1230. The molecule has 0 aromatic carbocycles. The van der Waals surface area contributed by atoms with Crippen molar-refractivity contribution in [1.29, 1.82) is 0 Å². The monoisotopic (exact) mass is 222 g/mol. The molecule has 0 aliphatic heterocycles. The number of hydrogen-bond donors (Lipinski definition) is 0. The zero-order valence-electron chi connectivity index (χ0n) is 3.34. The van der Waals surface area contributed by atoms with Gasteiger partial charge in [-0.2, -0.15) is 0 Å². The largest absolute Gasteiger partial charge is 2.00 e. The molecule has 0 heterocycles. The van der Waals surface area contributed by atoms with Gasteiger partial charge in [-0.05, 0) is 0 Å². The molecule has 0 saturated carbocycles. The first-order chi connectivity index (χ1) is 1.41. The standard InChI is InChI=1S/CH2O2.2Cu.3H2O/c2-1-3;;;;;/h1H,(H,2,3);;;3*1H2/q;2*+2;;;/p-4. The Hall–Kier alpha value is 0.389. The Morgan fingerprint density at radius 2 is 1.00 bits per heavy atom. The Morgan fingerprint density at radius 3 is 1.00 bits per heavy atom. The molecule has 0 unspecified atom stereocenters. The first-order valence-corrected chi connectivity index (χ1v) is 0.471. The number of carbonyl (C=O) groups is 1. The zero-order chi connectivity index (χ0) is 2.71. The van der Waals surface area contributed by atoms with E-state index in [-0.39, 0.29) is 50.6 Å². The molecule has 0 bridgehead atoms. The summed E-state index contributed by atoms with van der Waals surface area (Å²) >= 11 is 0. The summed E-state index contributed by atoms with van der Waals surface area (Å²) < 4.78 is 0. The zero-order valence-corrected chi connectivity index (χ0v) is 5.22. The van der Waals surface area contributed by atoms with Crippen molar-refractivity contribution in [3.63, 3.8) is 0 Å². The van der Waals surface area contributed by atoms with Gasteiger partial charge in [0, 0.05) is 6.47 Å². The molecule has 0 aromatic heterocycles. The van der Waals surface area contributed by atoms with E-state index in [2.05, 4.69) is 0 Å². The number of carboxylic acid groups (broad SMARTS) is 1. The van der Waals surface area contributed by atoms with Crippen molar-refractivity contribution in [3.05, 3.63) is 0 Å². The van der Waals surface area contributed by atoms with Crippen LogP contribution >= 0.6 is 0 Å². The molecule has 5 nitrogen and oxygen atoms in total. The van der Waals surface area contributed by atoms with Gasteiger partial charge in [-0.3, -0.25) is 0 Å². The summed E-state index contributed by atoms with van der Waals surface area (Å²) in [5, 5.41) is 8.25. The summed E-state index contributed by atoms with van der Waals surface area (Å²) in [6, 6.07) is 0. The van der Waals surface area contributed by atoms with Gasteiger partial charge < -0.3 is 26.3 Å². The van der Waals surface area contributed by atoms with Gasteiger partial charge in [0.15, 0.2) is 0 Å². The van der Waals surface area contributed by atoms with E-state index in [0.717, 1.165) is 0 Å². The third-order valence-electron chi connectivity index (χ3n) is 0. The minimum Gasteiger partial charge on any atom is -0.870 e. The van der Waals surface area contributed by atoms with Crippen LogP contribution in [0, 0.1) is 0 Å². The molecule has 0 rings (SSSR count). The average molecular weight is 223 g/mol. The molecule has 7 heteroatoms. The Balaban J connectivity index is -0.00000000200. The van der Waals surface area contributed by atoms with E-state index in [1.807, 2.05) is 0 Å². The van der Waals surface area contributed by atoms with E-state index >= 15 is 0 Å². The summed E-state index contributed by atoms with van der Waals surface area (Å²) in [6.45, 7) is -0.500. The van der Waals surface area contributed by atoms with Crippen molar-refractivity contribution < 1.29 is 60.5 Å². The maximum atomic E-state index is 8.25. The number of carbonyl (C=O) groups excluding carboxylic acids is 1. The van der Waals surface area contributed by atoms with Gasteiger partial charge >= 0.3 is 34.1 Å². The van der Waals surface area contributed by atoms with E-state index < -0.39 is 6.47 Å². The molecule has 0 spiro atoms. The van der Waals surface area contributed by atoms with Crippen molar-refractivity contribution in [2.45, 2.75) is 0 Å². The normalized spacial score (nSPS) is 1.50. The summed E-state index contributed by atoms with van der Waals surface area (Å²) in [5.41, 5.74) is 0. The van der Waals surface area contributed by atoms with Gasteiger partial charge in [-0.15, -0.1) is 0 Å². The quantitative estimate of drug-likeness (QED) is 0.340. The van der Waals surface area contributed by atoms with E-state index in [0.29, 0.717) is 0 Å². The molecule has 0 fully saturated rings. The fourth-order valence-electron chi connectivity index (χ4n) is 0. The van der Waals surface area contributed by atoms with Crippen LogP contribution in [0.3, 0.4) is 0 Å². The van der Waals surface area contributed by atoms with E-state index in [1.165, 1.54) is 0 Å². The minimum absolute atomic E-state index is 0. The van der Waals surface area contributed by atoms with Gasteiger partial charge in [0.1, 0.15) is 0 Å². The smallest absolute Gasteiger partial charge is 0.870 e. The van der Waals surface area contributed by atoms with Crippen LogP contribution in [-0.2, 0) is 38.9 Å². The van der Waals surface area contributed by atoms with Crippen LogP contribution in [0.5, 0.6) is 0 Å². The van der Waals surface area contributed by atoms with E-state index in [9.17, 15) is 0 Å².